The first-order valence-corrected chi connectivity index (χ1v) is 20.6. The summed E-state index contributed by atoms with van der Waals surface area (Å²) < 4.78 is 8.57. The van der Waals surface area contributed by atoms with E-state index in [0.717, 1.165) is 16.8 Å². The Morgan fingerprint density at radius 3 is 2.54 bits per heavy atom. The maximum Gasteiger partial charge on any atom is 0.269 e. The molecule has 272 valence electrons. The highest BCUT2D eigenvalue weighted by atomic mass is 28.4. The highest BCUT2D eigenvalue weighted by molar-refractivity contribution is 6.71. The van der Waals surface area contributed by atoms with E-state index < -0.39 is 36.4 Å². The number of hydrogen-bond donors (Lipinski definition) is 3. The molecule has 2 amide bonds. The van der Waals surface area contributed by atoms with Crippen LogP contribution in [0.4, 0.5) is 17.1 Å². The fourth-order valence-electron chi connectivity index (χ4n) is 8.35. The van der Waals surface area contributed by atoms with Gasteiger partial charge in [0.05, 0.1) is 48.0 Å². The lowest BCUT2D eigenvalue weighted by Gasteiger charge is -2.32. The van der Waals surface area contributed by atoms with E-state index in [-0.39, 0.29) is 43.1 Å². The average molecular weight is 726 g/mol. The van der Waals surface area contributed by atoms with Crippen LogP contribution in [0, 0.1) is 16.0 Å². The molecule has 5 atom stereocenters. The van der Waals surface area contributed by atoms with Gasteiger partial charge in [-0.25, -0.2) is 0 Å². The van der Waals surface area contributed by atoms with Crippen molar-refractivity contribution in [3.8, 4) is 0 Å². The van der Waals surface area contributed by atoms with E-state index in [9.17, 15) is 29.6 Å². The number of piperazine rings is 1. The fourth-order valence-corrected chi connectivity index (χ4v) is 10.9. The van der Waals surface area contributed by atoms with Crippen LogP contribution in [0.25, 0.3) is 0 Å². The second-order valence-corrected chi connectivity index (χ2v) is 18.4. The van der Waals surface area contributed by atoms with E-state index in [1.54, 1.807) is 26.7 Å². The van der Waals surface area contributed by atoms with Crippen molar-refractivity contribution in [2.24, 2.45) is 5.92 Å². The van der Waals surface area contributed by atoms with Crippen LogP contribution in [-0.2, 0) is 33.0 Å². The molecular weight excluding hydrogens is 683 g/mol. The number of nitrogens with one attached hydrogen (secondary N) is 1. The lowest BCUT2D eigenvalue weighted by molar-refractivity contribution is -0.385. The Morgan fingerprint density at radius 2 is 1.87 bits per heavy atom. The van der Waals surface area contributed by atoms with Crippen molar-refractivity contribution in [3.63, 3.8) is 0 Å². The quantitative estimate of drug-likeness (QED) is 0.118. The summed E-state index contributed by atoms with van der Waals surface area (Å²) >= 11 is 0. The van der Waals surface area contributed by atoms with Crippen molar-refractivity contribution < 1.29 is 29.2 Å². The average Bonchev–Trinajstić information content (AvgIpc) is 3.78. The number of nitrogens with zero attached hydrogens (tertiary/aromatic N) is 6. The number of nitro groups is 1. The summed E-state index contributed by atoms with van der Waals surface area (Å²) in [5.41, 5.74) is 1.98. The molecule has 1 aromatic heterocycles. The van der Waals surface area contributed by atoms with Gasteiger partial charge < -0.3 is 29.8 Å². The van der Waals surface area contributed by atoms with Crippen LogP contribution in [0.3, 0.4) is 0 Å². The van der Waals surface area contributed by atoms with Gasteiger partial charge in [-0.1, -0.05) is 54.6 Å². The van der Waals surface area contributed by atoms with Crippen LogP contribution in [-0.4, -0.2) is 82.3 Å². The molecule has 2 saturated heterocycles. The molecule has 3 aromatic carbocycles. The Balaban J connectivity index is 1.18. The molecule has 2 fully saturated rings. The normalized spacial score (nSPS) is 23.8. The molecule has 14 nitrogen and oxygen atoms in total. The fraction of sp³-hybridized carbons (Fsp3) is 0.405. The summed E-state index contributed by atoms with van der Waals surface area (Å²) in [7, 11) is -3.00. The molecule has 4 aromatic rings. The number of carbonyl (C=O) groups is 2. The van der Waals surface area contributed by atoms with Crippen LogP contribution in [0.2, 0.25) is 18.6 Å². The molecule has 3 aliphatic rings. The number of aryl methyl sites for hydroxylation is 1. The minimum Gasteiger partial charge on any atom is -0.432 e. The van der Waals surface area contributed by atoms with Gasteiger partial charge in [-0.05, 0) is 48.8 Å². The number of non-ortho nitro benzene ring substituents is 1. The van der Waals surface area contributed by atoms with E-state index in [1.165, 1.54) is 12.1 Å². The van der Waals surface area contributed by atoms with Gasteiger partial charge in [0.15, 0.2) is 13.9 Å². The number of benzene rings is 3. The summed E-state index contributed by atoms with van der Waals surface area (Å²) in [6.07, 6.45) is 1.63. The molecule has 0 radical (unpaired) electrons. The highest BCUT2D eigenvalue weighted by Gasteiger charge is 2.66. The summed E-state index contributed by atoms with van der Waals surface area (Å²) in [6.45, 7) is 7.53. The van der Waals surface area contributed by atoms with E-state index in [2.05, 4.69) is 15.6 Å². The Hall–Kier alpha value is -4.80. The van der Waals surface area contributed by atoms with Gasteiger partial charge in [-0.2, -0.15) is 0 Å². The minimum absolute atomic E-state index is 0.0104. The molecule has 0 saturated carbocycles. The number of carbonyl (C=O) groups excluding carboxylic acids is 2. The molecule has 0 aliphatic carbocycles. The van der Waals surface area contributed by atoms with Crippen molar-refractivity contribution in [1.82, 2.24) is 20.3 Å². The van der Waals surface area contributed by atoms with Crippen LogP contribution in [0.15, 0.2) is 79.0 Å². The number of hydrogen-bond acceptors (Lipinski definition) is 10. The number of rotatable bonds is 11. The van der Waals surface area contributed by atoms with Gasteiger partial charge in [0.1, 0.15) is 0 Å². The maximum atomic E-state index is 14.8. The predicted molar refractivity (Wildman–Crippen MR) is 195 cm³/mol. The van der Waals surface area contributed by atoms with Crippen molar-refractivity contribution in [2.75, 3.05) is 36.0 Å². The molecule has 0 bridgehead atoms. The van der Waals surface area contributed by atoms with Crippen molar-refractivity contribution in [3.05, 3.63) is 111 Å². The number of aliphatic hydroxyl groups excluding tert-OH is 1. The number of nitro benzene ring substituents is 1. The number of aliphatic hydroxyl groups is 1. The number of aromatic nitrogens is 3. The van der Waals surface area contributed by atoms with Crippen LogP contribution in [0.5, 0.6) is 0 Å². The second-order valence-electron chi connectivity index (χ2n) is 14.4. The van der Waals surface area contributed by atoms with Crippen molar-refractivity contribution in [1.29, 1.82) is 0 Å². The zero-order chi connectivity index (χ0) is 36.8. The van der Waals surface area contributed by atoms with Crippen LogP contribution >= 0.6 is 0 Å². The SMILES string of the molecule is C[C@H]1[C@H]([Si](C)(C)O)[C@@H](CCn2cc(C(CO)c3ccccc3)nn2)O[C@]12C(=O)N(Cc1ccc(N3CCNCC3=O)cc1)c1ccc([N+](=O)[O-])cc12. The molecule has 1 spiro atoms. The maximum absolute atomic E-state index is 14.8. The van der Waals surface area contributed by atoms with E-state index in [4.69, 9.17) is 4.74 Å². The summed E-state index contributed by atoms with van der Waals surface area (Å²) in [5, 5.41) is 33.9. The Bertz CT molecular complexity index is 1970. The summed E-state index contributed by atoms with van der Waals surface area (Å²) in [4.78, 5) is 53.9. The lowest BCUT2D eigenvalue weighted by Crippen LogP contribution is -2.48. The second kappa shape index (κ2) is 14.0. The van der Waals surface area contributed by atoms with Gasteiger partial charge in [0.25, 0.3) is 11.6 Å². The molecule has 3 N–H and O–H groups in total. The van der Waals surface area contributed by atoms with Gasteiger partial charge in [-0.15, -0.1) is 5.10 Å². The predicted octanol–water partition coefficient (Wildman–Crippen LogP) is 3.68. The molecule has 1 unspecified atom stereocenters. The molecule has 4 heterocycles. The van der Waals surface area contributed by atoms with Crippen LogP contribution < -0.4 is 15.1 Å². The summed E-state index contributed by atoms with van der Waals surface area (Å²) in [6, 6.07) is 21.5. The highest BCUT2D eigenvalue weighted by Crippen LogP contribution is 2.60. The first-order chi connectivity index (χ1) is 24.9. The van der Waals surface area contributed by atoms with Gasteiger partial charge in [0.2, 0.25) is 5.91 Å². The first-order valence-electron chi connectivity index (χ1n) is 17.6. The number of ether oxygens (including phenoxy) is 1. The third-order valence-electron chi connectivity index (χ3n) is 10.8. The monoisotopic (exact) mass is 725 g/mol. The summed E-state index contributed by atoms with van der Waals surface area (Å²) in [5.74, 6) is -1.19. The zero-order valence-corrected chi connectivity index (χ0v) is 30.4. The Kier molecular flexibility index (Phi) is 9.56. The zero-order valence-electron chi connectivity index (χ0n) is 29.4. The topological polar surface area (TPSA) is 176 Å². The number of anilines is 2. The third kappa shape index (κ3) is 6.32. The Labute approximate surface area is 302 Å². The first kappa shape index (κ1) is 35.6. The minimum atomic E-state index is -3.00. The smallest absolute Gasteiger partial charge is 0.269 e. The molecule has 15 heteroatoms. The van der Waals surface area contributed by atoms with Crippen molar-refractivity contribution >= 4 is 37.2 Å². The standard InChI is InChI=1S/C37H43N7O7Si/c1-24-35(52(2,3)50)33(15-17-41-22-31(39-40-41)29(23-45)26-7-5-4-6-8-26)51-37(24)30-19-28(44(48)49)13-14-32(30)43(36(37)47)21-25-9-11-27(12-10-25)42-18-16-38-20-34(42)46/h4-14,19,22,24,29,33,35,38,45,50H,15-18,20-21,23H2,1-3H3/t24-,29?,33+,35-,37+/m0/s1. The molecule has 3 aliphatic heterocycles. The van der Waals surface area contributed by atoms with E-state index in [0.29, 0.717) is 43.0 Å². The largest absolute Gasteiger partial charge is 0.432 e. The van der Waals surface area contributed by atoms with Crippen molar-refractivity contribution in [2.45, 2.75) is 62.7 Å². The molecular formula is C37H43N7O7Si. The van der Waals surface area contributed by atoms with Gasteiger partial charge in [0, 0.05) is 60.7 Å². The van der Waals surface area contributed by atoms with Gasteiger partial charge >= 0.3 is 0 Å². The Morgan fingerprint density at radius 1 is 1.12 bits per heavy atom. The van der Waals surface area contributed by atoms with E-state index >= 15 is 0 Å². The lowest BCUT2D eigenvalue weighted by atomic mass is 9.82. The number of amides is 2. The van der Waals surface area contributed by atoms with Crippen LogP contribution in [0.1, 0.15) is 41.6 Å². The molecule has 7 rings (SSSR count). The molecule has 52 heavy (non-hydrogen) atoms. The number of fused-ring (bicyclic) bond motifs is 2. The van der Waals surface area contributed by atoms with Gasteiger partial charge in [-0.3, -0.25) is 24.4 Å². The third-order valence-corrected chi connectivity index (χ3v) is 13.3. The van der Waals surface area contributed by atoms with E-state index in [1.807, 2.05) is 74.6 Å².